The van der Waals surface area contributed by atoms with Crippen molar-refractivity contribution in [2.45, 2.75) is 0 Å². The van der Waals surface area contributed by atoms with Crippen LogP contribution in [0, 0.1) is 12.3 Å². The number of terminal acetylenes is 1. The number of carbonyl (C=O) groups is 1. The summed E-state index contributed by atoms with van der Waals surface area (Å²) in [7, 11) is 1.49. The highest BCUT2D eigenvalue weighted by molar-refractivity contribution is 5.83. The van der Waals surface area contributed by atoms with E-state index in [0.717, 1.165) is 6.08 Å². The molecule has 4 heteroatoms. The molecule has 17 heavy (non-hydrogen) atoms. The Labute approximate surface area is 99.5 Å². The maximum Gasteiger partial charge on any atom is 0.162 e. The van der Waals surface area contributed by atoms with Gasteiger partial charge >= 0.3 is 0 Å². The largest absolute Gasteiger partial charge is 0.545 e. The first-order chi connectivity index (χ1) is 8.17. The summed E-state index contributed by atoms with van der Waals surface area (Å²) in [5.74, 6) is 2.09. The zero-order valence-electron chi connectivity index (χ0n) is 9.30. The van der Waals surface area contributed by atoms with E-state index in [9.17, 15) is 9.90 Å². The van der Waals surface area contributed by atoms with E-state index < -0.39 is 5.97 Å². The molecule has 0 spiro atoms. The molecule has 1 aromatic rings. The summed E-state index contributed by atoms with van der Waals surface area (Å²) in [6, 6.07) is 4.99. The molecular weight excluding hydrogens is 220 g/mol. The molecule has 0 aliphatic heterocycles. The molecule has 88 valence electrons. The van der Waals surface area contributed by atoms with Crippen LogP contribution in [0.2, 0.25) is 0 Å². The van der Waals surface area contributed by atoms with Crippen LogP contribution in [-0.4, -0.2) is 19.7 Å². The number of rotatable bonds is 5. The SMILES string of the molecule is C#CCOc1ccc(/C=C/C(=O)[O-])cc1OC. The average Bonchev–Trinajstić information content (AvgIpc) is 2.34. The lowest BCUT2D eigenvalue weighted by Gasteiger charge is -2.09. The Kier molecular flexibility index (Phi) is 4.64. The molecule has 0 unspecified atom stereocenters. The molecule has 0 N–H and O–H groups in total. The monoisotopic (exact) mass is 231 g/mol. The van der Waals surface area contributed by atoms with Gasteiger partial charge in [-0.15, -0.1) is 6.42 Å². The van der Waals surface area contributed by atoms with Crippen molar-refractivity contribution in [1.82, 2.24) is 0 Å². The smallest absolute Gasteiger partial charge is 0.162 e. The zero-order valence-corrected chi connectivity index (χ0v) is 9.30. The minimum atomic E-state index is -1.25. The molecule has 0 saturated heterocycles. The molecule has 0 aliphatic carbocycles. The molecule has 0 atom stereocenters. The Morgan fingerprint density at radius 2 is 2.29 bits per heavy atom. The third-order valence-corrected chi connectivity index (χ3v) is 1.91. The van der Waals surface area contributed by atoms with Gasteiger partial charge in [0.1, 0.15) is 6.61 Å². The summed E-state index contributed by atoms with van der Waals surface area (Å²) < 4.78 is 10.3. The summed E-state index contributed by atoms with van der Waals surface area (Å²) in [5, 5.41) is 10.3. The number of carbonyl (C=O) groups excluding carboxylic acids is 1. The topological polar surface area (TPSA) is 58.6 Å². The fourth-order valence-corrected chi connectivity index (χ4v) is 1.19. The van der Waals surface area contributed by atoms with Gasteiger partial charge in [0.2, 0.25) is 0 Å². The van der Waals surface area contributed by atoms with E-state index in [1.807, 2.05) is 0 Å². The molecule has 0 amide bonds. The molecule has 0 fully saturated rings. The van der Waals surface area contributed by atoms with Crippen molar-refractivity contribution in [1.29, 1.82) is 0 Å². The molecule has 0 bridgehead atoms. The van der Waals surface area contributed by atoms with Gasteiger partial charge in [0.05, 0.1) is 13.1 Å². The Hall–Kier alpha value is -2.41. The first kappa shape index (κ1) is 12.7. The van der Waals surface area contributed by atoms with Crippen LogP contribution in [0.15, 0.2) is 24.3 Å². The van der Waals surface area contributed by atoms with E-state index in [4.69, 9.17) is 15.9 Å². The summed E-state index contributed by atoms with van der Waals surface area (Å²) in [6.45, 7) is 0.143. The van der Waals surface area contributed by atoms with Crippen LogP contribution in [0.1, 0.15) is 5.56 Å². The van der Waals surface area contributed by atoms with E-state index in [1.54, 1.807) is 18.2 Å². The van der Waals surface area contributed by atoms with Gasteiger partial charge in [-0.1, -0.05) is 18.1 Å². The molecule has 0 heterocycles. The highest BCUT2D eigenvalue weighted by Crippen LogP contribution is 2.28. The Morgan fingerprint density at radius 1 is 1.53 bits per heavy atom. The Bertz CT molecular complexity index is 469. The zero-order chi connectivity index (χ0) is 12.7. The van der Waals surface area contributed by atoms with Crippen LogP contribution >= 0.6 is 0 Å². The first-order valence-electron chi connectivity index (χ1n) is 4.80. The molecule has 1 rings (SSSR count). The maximum absolute atomic E-state index is 10.3. The van der Waals surface area contributed by atoms with Crippen LogP contribution in [0.4, 0.5) is 0 Å². The molecule has 0 radical (unpaired) electrons. The minimum Gasteiger partial charge on any atom is -0.545 e. The van der Waals surface area contributed by atoms with Gasteiger partial charge in [0.25, 0.3) is 0 Å². The van der Waals surface area contributed by atoms with E-state index in [2.05, 4.69) is 5.92 Å². The van der Waals surface area contributed by atoms with Gasteiger partial charge in [0, 0.05) is 0 Å². The number of carboxylic acids is 1. The van der Waals surface area contributed by atoms with Crippen molar-refractivity contribution >= 4 is 12.0 Å². The summed E-state index contributed by atoms with van der Waals surface area (Å²) >= 11 is 0. The summed E-state index contributed by atoms with van der Waals surface area (Å²) in [5.41, 5.74) is 0.666. The third kappa shape index (κ3) is 3.92. The number of hydrogen-bond donors (Lipinski definition) is 0. The number of aliphatic carboxylic acids is 1. The first-order valence-corrected chi connectivity index (χ1v) is 4.80. The number of hydrogen-bond acceptors (Lipinski definition) is 4. The summed E-state index contributed by atoms with van der Waals surface area (Å²) in [6.07, 6.45) is 7.43. The van der Waals surface area contributed by atoms with E-state index >= 15 is 0 Å². The van der Waals surface area contributed by atoms with Crippen molar-refractivity contribution in [3.8, 4) is 23.8 Å². The second-order valence-electron chi connectivity index (χ2n) is 3.06. The molecule has 0 aromatic heterocycles. The van der Waals surface area contributed by atoms with Crippen LogP contribution in [0.3, 0.4) is 0 Å². The molecular formula is C13H11O4-. The van der Waals surface area contributed by atoms with E-state index in [-0.39, 0.29) is 6.61 Å². The van der Waals surface area contributed by atoms with Crippen molar-refractivity contribution in [2.75, 3.05) is 13.7 Å². The molecule has 0 aliphatic rings. The van der Waals surface area contributed by atoms with Crippen molar-refractivity contribution in [3.63, 3.8) is 0 Å². The van der Waals surface area contributed by atoms with Gasteiger partial charge in [-0.3, -0.25) is 0 Å². The molecule has 0 saturated carbocycles. The van der Waals surface area contributed by atoms with Crippen LogP contribution < -0.4 is 14.6 Å². The van der Waals surface area contributed by atoms with Crippen molar-refractivity contribution in [3.05, 3.63) is 29.8 Å². The fourth-order valence-electron chi connectivity index (χ4n) is 1.19. The number of carboxylic acid groups (broad SMARTS) is 1. The minimum absolute atomic E-state index is 0.143. The van der Waals surface area contributed by atoms with Gasteiger partial charge in [-0.25, -0.2) is 0 Å². The Balaban J connectivity index is 2.92. The third-order valence-electron chi connectivity index (χ3n) is 1.91. The quantitative estimate of drug-likeness (QED) is 0.546. The van der Waals surface area contributed by atoms with Gasteiger partial charge in [-0.2, -0.15) is 0 Å². The van der Waals surface area contributed by atoms with Crippen LogP contribution in [-0.2, 0) is 4.79 Å². The van der Waals surface area contributed by atoms with Gasteiger partial charge < -0.3 is 19.4 Å². The molecule has 4 nitrogen and oxygen atoms in total. The predicted molar refractivity (Wildman–Crippen MR) is 61.4 cm³/mol. The highest BCUT2D eigenvalue weighted by atomic mass is 16.5. The maximum atomic E-state index is 10.3. The molecule has 1 aromatic carbocycles. The second kappa shape index (κ2) is 6.23. The van der Waals surface area contributed by atoms with Gasteiger partial charge in [-0.05, 0) is 23.8 Å². The average molecular weight is 231 g/mol. The number of ether oxygens (including phenoxy) is 2. The van der Waals surface area contributed by atoms with E-state index in [0.29, 0.717) is 17.1 Å². The number of methoxy groups -OCH3 is 1. The van der Waals surface area contributed by atoms with Crippen LogP contribution in [0.25, 0.3) is 6.08 Å². The second-order valence-corrected chi connectivity index (χ2v) is 3.06. The van der Waals surface area contributed by atoms with E-state index in [1.165, 1.54) is 13.2 Å². The van der Waals surface area contributed by atoms with Gasteiger partial charge in [0.15, 0.2) is 11.5 Å². The van der Waals surface area contributed by atoms with Crippen LogP contribution in [0.5, 0.6) is 11.5 Å². The lowest BCUT2D eigenvalue weighted by molar-refractivity contribution is -0.297. The highest BCUT2D eigenvalue weighted by Gasteiger charge is 2.03. The van der Waals surface area contributed by atoms with Crippen molar-refractivity contribution in [2.24, 2.45) is 0 Å². The Morgan fingerprint density at radius 3 is 2.88 bits per heavy atom. The lowest BCUT2D eigenvalue weighted by atomic mass is 10.2. The van der Waals surface area contributed by atoms with Crippen molar-refractivity contribution < 1.29 is 19.4 Å². The number of benzene rings is 1. The normalized spacial score (nSPS) is 9.88. The standard InChI is InChI=1S/C13H12O4/c1-3-8-17-11-6-4-10(5-7-13(14)15)9-12(11)16-2/h1,4-7,9H,8H2,2H3,(H,14,15)/p-1/b7-5+. The fraction of sp³-hybridized carbons (Fsp3) is 0.154. The lowest BCUT2D eigenvalue weighted by Crippen LogP contribution is -2.18. The predicted octanol–water partition coefficient (Wildman–Crippen LogP) is 0.470. The summed E-state index contributed by atoms with van der Waals surface area (Å²) in [4.78, 5) is 10.3.